The summed E-state index contributed by atoms with van der Waals surface area (Å²) in [5.41, 5.74) is 10.4. The van der Waals surface area contributed by atoms with Crippen molar-refractivity contribution in [2.24, 2.45) is 17.6 Å². The van der Waals surface area contributed by atoms with Crippen molar-refractivity contribution in [3.05, 3.63) is 35.5 Å². The second-order valence-electron chi connectivity index (χ2n) is 6.87. The monoisotopic (exact) mass is 284 g/mol. The van der Waals surface area contributed by atoms with Gasteiger partial charge in [-0.05, 0) is 57.3 Å². The number of allylic oxidation sites excluding steroid dienone is 5. The summed E-state index contributed by atoms with van der Waals surface area (Å²) in [5.74, 6) is 1.06. The van der Waals surface area contributed by atoms with Crippen LogP contribution in [-0.2, 0) is 0 Å². The van der Waals surface area contributed by atoms with Crippen LogP contribution in [0.25, 0.3) is 0 Å². The zero-order chi connectivity index (χ0) is 14.7. The Morgan fingerprint density at radius 1 is 1.05 bits per heavy atom. The van der Waals surface area contributed by atoms with E-state index in [4.69, 9.17) is 11.1 Å². The predicted molar refractivity (Wildman–Crippen MR) is 89.5 cm³/mol. The second kappa shape index (κ2) is 6.74. The number of hydrogen-bond acceptors (Lipinski definition) is 2. The third-order valence-electron chi connectivity index (χ3n) is 5.53. The molecule has 0 amide bonds. The van der Waals surface area contributed by atoms with Gasteiger partial charge in [-0.1, -0.05) is 41.9 Å². The van der Waals surface area contributed by atoms with E-state index in [1.54, 1.807) is 5.57 Å². The molecule has 114 valence electrons. The maximum atomic E-state index is 8.16. The minimum absolute atomic E-state index is 0.0850. The maximum Gasteiger partial charge on any atom is 0.0338 e. The summed E-state index contributed by atoms with van der Waals surface area (Å²) in [7, 11) is 0. The molecule has 0 aromatic rings. The summed E-state index contributed by atoms with van der Waals surface area (Å²) in [6, 6.07) is 0.0850. The molecule has 1 fully saturated rings. The summed E-state index contributed by atoms with van der Waals surface area (Å²) >= 11 is 0. The van der Waals surface area contributed by atoms with Crippen molar-refractivity contribution >= 4 is 5.71 Å². The van der Waals surface area contributed by atoms with Gasteiger partial charge in [-0.2, -0.15) is 0 Å². The van der Waals surface area contributed by atoms with Gasteiger partial charge in [0.15, 0.2) is 0 Å². The Balaban J connectivity index is 1.66. The second-order valence-corrected chi connectivity index (χ2v) is 6.87. The molecule has 0 radical (unpaired) electrons. The lowest BCUT2D eigenvalue weighted by Gasteiger charge is -2.32. The van der Waals surface area contributed by atoms with Crippen LogP contribution in [0.15, 0.2) is 35.5 Å². The van der Waals surface area contributed by atoms with E-state index in [1.807, 2.05) is 0 Å². The zero-order valence-corrected chi connectivity index (χ0v) is 13.0. The molecule has 3 N–H and O–H groups in total. The van der Waals surface area contributed by atoms with E-state index in [1.165, 1.54) is 44.1 Å². The highest BCUT2D eigenvalue weighted by Gasteiger charge is 2.28. The fraction of sp³-hybridized carbons (Fsp3) is 0.632. The topological polar surface area (TPSA) is 49.9 Å². The lowest BCUT2D eigenvalue weighted by atomic mass is 9.76. The first-order valence-corrected chi connectivity index (χ1v) is 8.63. The average molecular weight is 284 g/mol. The quantitative estimate of drug-likeness (QED) is 0.735. The van der Waals surface area contributed by atoms with Gasteiger partial charge in [0.1, 0.15) is 0 Å². The minimum atomic E-state index is 0.0850. The largest absolute Gasteiger partial charge is 0.324 e. The molecule has 2 nitrogen and oxygen atoms in total. The van der Waals surface area contributed by atoms with Gasteiger partial charge < -0.3 is 11.1 Å². The molecule has 2 heteroatoms. The third-order valence-corrected chi connectivity index (χ3v) is 5.53. The molecule has 0 bridgehead atoms. The molecule has 1 saturated carbocycles. The fourth-order valence-electron chi connectivity index (χ4n) is 4.11. The van der Waals surface area contributed by atoms with Gasteiger partial charge >= 0.3 is 0 Å². The summed E-state index contributed by atoms with van der Waals surface area (Å²) in [6.07, 6.45) is 19.8. The molecular formula is C19H28N2. The van der Waals surface area contributed by atoms with Crippen molar-refractivity contribution in [2.45, 2.75) is 63.8 Å². The molecule has 0 aromatic heterocycles. The predicted octanol–water partition coefficient (Wildman–Crippen LogP) is 4.53. The first kappa shape index (κ1) is 14.8. The molecule has 3 aliphatic rings. The van der Waals surface area contributed by atoms with Crippen LogP contribution >= 0.6 is 0 Å². The van der Waals surface area contributed by atoms with E-state index in [0.29, 0.717) is 5.92 Å². The Labute approximate surface area is 128 Å². The van der Waals surface area contributed by atoms with Gasteiger partial charge in [0.2, 0.25) is 0 Å². The normalized spacial score (nSPS) is 31.6. The van der Waals surface area contributed by atoms with Gasteiger partial charge in [-0.15, -0.1) is 0 Å². The first-order valence-electron chi connectivity index (χ1n) is 8.63. The highest BCUT2D eigenvalue weighted by molar-refractivity contribution is 5.85. The van der Waals surface area contributed by atoms with E-state index in [0.717, 1.165) is 30.9 Å². The van der Waals surface area contributed by atoms with E-state index >= 15 is 0 Å². The van der Waals surface area contributed by atoms with Crippen LogP contribution in [0.1, 0.15) is 57.8 Å². The number of nitrogens with one attached hydrogen (secondary N) is 1. The SMILES string of the molecule is N=C1CCCCC1C(N)C1=CC=C(C2CC=CCC2)CC1. The lowest BCUT2D eigenvalue weighted by molar-refractivity contribution is 0.461. The number of hydrogen-bond donors (Lipinski definition) is 2. The van der Waals surface area contributed by atoms with E-state index in [-0.39, 0.29) is 6.04 Å². The van der Waals surface area contributed by atoms with Crippen molar-refractivity contribution in [3.8, 4) is 0 Å². The number of nitrogens with two attached hydrogens (primary N) is 1. The van der Waals surface area contributed by atoms with Crippen molar-refractivity contribution in [2.75, 3.05) is 0 Å². The Hall–Kier alpha value is -1.15. The van der Waals surface area contributed by atoms with Crippen molar-refractivity contribution in [3.63, 3.8) is 0 Å². The van der Waals surface area contributed by atoms with Crippen LogP contribution < -0.4 is 5.73 Å². The molecule has 0 saturated heterocycles. The maximum absolute atomic E-state index is 8.16. The Morgan fingerprint density at radius 2 is 1.95 bits per heavy atom. The van der Waals surface area contributed by atoms with Crippen molar-refractivity contribution in [1.82, 2.24) is 0 Å². The van der Waals surface area contributed by atoms with E-state index in [9.17, 15) is 0 Å². The molecule has 0 aliphatic heterocycles. The lowest BCUT2D eigenvalue weighted by Crippen LogP contribution is -2.39. The summed E-state index contributed by atoms with van der Waals surface area (Å²) in [5, 5.41) is 8.16. The molecule has 0 aromatic carbocycles. The minimum Gasteiger partial charge on any atom is -0.324 e. The third kappa shape index (κ3) is 3.37. The average Bonchev–Trinajstić information content (AvgIpc) is 2.56. The van der Waals surface area contributed by atoms with E-state index < -0.39 is 0 Å². The summed E-state index contributed by atoms with van der Waals surface area (Å²) in [4.78, 5) is 0. The van der Waals surface area contributed by atoms with Crippen LogP contribution in [0, 0.1) is 17.2 Å². The molecule has 3 unspecified atom stereocenters. The fourth-order valence-corrected chi connectivity index (χ4v) is 4.11. The molecular weight excluding hydrogens is 256 g/mol. The smallest absolute Gasteiger partial charge is 0.0338 e. The van der Waals surface area contributed by atoms with Crippen molar-refractivity contribution in [1.29, 1.82) is 5.41 Å². The van der Waals surface area contributed by atoms with Crippen LogP contribution in [0.3, 0.4) is 0 Å². The van der Waals surface area contributed by atoms with Gasteiger partial charge in [0.25, 0.3) is 0 Å². The van der Waals surface area contributed by atoms with Gasteiger partial charge in [0.05, 0.1) is 0 Å². The summed E-state index contributed by atoms with van der Waals surface area (Å²) < 4.78 is 0. The standard InChI is InChI=1S/C19H28N2/c20-18-9-5-4-8-17(18)19(21)16-12-10-15(11-13-16)14-6-2-1-3-7-14/h1-2,10,12,14,17,19-20H,3-9,11,13,21H2. The Bertz CT molecular complexity index is 484. The first-order chi connectivity index (χ1) is 10.3. The zero-order valence-electron chi connectivity index (χ0n) is 13.0. The van der Waals surface area contributed by atoms with Crippen LogP contribution in [0.5, 0.6) is 0 Å². The van der Waals surface area contributed by atoms with Gasteiger partial charge in [-0.25, -0.2) is 0 Å². The Morgan fingerprint density at radius 3 is 2.62 bits per heavy atom. The molecule has 21 heavy (non-hydrogen) atoms. The van der Waals surface area contributed by atoms with Gasteiger partial charge in [0, 0.05) is 17.7 Å². The van der Waals surface area contributed by atoms with Crippen LogP contribution in [0.4, 0.5) is 0 Å². The summed E-state index contributed by atoms with van der Waals surface area (Å²) in [6.45, 7) is 0. The van der Waals surface area contributed by atoms with Crippen molar-refractivity contribution < 1.29 is 0 Å². The molecule has 3 atom stereocenters. The highest BCUT2D eigenvalue weighted by Crippen LogP contribution is 2.35. The molecule has 3 aliphatic carbocycles. The van der Waals surface area contributed by atoms with E-state index in [2.05, 4.69) is 24.3 Å². The highest BCUT2D eigenvalue weighted by atomic mass is 14.7. The molecule has 0 spiro atoms. The van der Waals surface area contributed by atoms with Crippen LogP contribution in [0.2, 0.25) is 0 Å². The van der Waals surface area contributed by atoms with Crippen LogP contribution in [-0.4, -0.2) is 11.8 Å². The molecule has 3 rings (SSSR count). The number of rotatable bonds is 3. The Kier molecular flexibility index (Phi) is 4.74. The molecule has 0 heterocycles. The van der Waals surface area contributed by atoms with Gasteiger partial charge in [-0.3, -0.25) is 0 Å².